The summed E-state index contributed by atoms with van der Waals surface area (Å²) >= 11 is 0. The molecular formula is C16H22FNO. The predicted molar refractivity (Wildman–Crippen MR) is 73.7 cm³/mol. The van der Waals surface area contributed by atoms with E-state index in [2.05, 4.69) is 11.4 Å². The number of rotatable bonds is 1. The Morgan fingerprint density at radius 1 is 1.21 bits per heavy atom. The molecule has 1 N–H and O–H groups in total. The fourth-order valence-corrected chi connectivity index (χ4v) is 3.80. The number of ether oxygens (including phenoxy) is 1. The van der Waals surface area contributed by atoms with Crippen LogP contribution >= 0.6 is 0 Å². The third-order valence-electron chi connectivity index (χ3n) is 4.85. The topological polar surface area (TPSA) is 21.3 Å². The zero-order valence-electron chi connectivity index (χ0n) is 11.3. The molecule has 0 saturated carbocycles. The first kappa shape index (κ1) is 13.1. The molecule has 3 heteroatoms. The molecule has 1 aromatic rings. The van der Waals surface area contributed by atoms with Gasteiger partial charge in [0.1, 0.15) is 5.82 Å². The van der Waals surface area contributed by atoms with Crippen LogP contribution in [0.3, 0.4) is 0 Å². The molecule has 2 nitrogen and oxygen atoms in total. The summed E-state index contributed by atoms with van der Waals surface area (Å²) in [6.45, 7) is 3.77. The molecule has 0 aromatic heterocycles. The molecule has 2 atom stereocenters. The fourth-order valence-electron chi connectivity index (χ4n) is 3.80. The average Bonchev–Trinajstić information content (AvgIpc) is 2.66. The molecule has 1 aromatic carbocycles. The van der Waals surface area contributed by atoms with Crippen LogP contribution in [0.5, 0.6) is 0 Å². The molecule has 104 valence electrons. The van der Waals surface area contributed by atoms with E-state index in [1.54, 1.807) is 6.07 Å². The Morgan fingerprint density at radius 3 is 3.05 bits per heavy atom. The number of nitrogens with one attached hydrogen (secondary N) is 1. The molecule has 0 radical (unpaired) electrons. The van der Waals surface area contributed by atoms with Crippen LogP contribution in [0.1, 0.15) is 37.2 Å². The first-order valence-electron chi connectivity index (χ1n) is 7.34. The monoisotopic (exact) mass is 263 g/mol. The summed E-state index contributed by atoms with van der Waals surface area (Å²) in [5, 5.41) is 3.48. The van der Waals surface area contributed by atoms with Crippen molar-refractivity contribution in [3.63, 3.8) is 0 Å². The van der Waals surface area contributed by atoms with Crippen molar-refractivity contribution in [2.24, 2.45) is 5.41 Å². The Balaban J connectivity index is 1.91. The lowest BCUT2D eigenvalue weighted by molar-refractivity contribution is 0.103. The third kappa shape index (κ3) is 2.67. The number of halogens is 1. The van der Waals surface area contributed by atoms with E-state index in [-0.39, 0.29) is 5.82 Å². The van der Waals surface area contributed by atoms with E-state index in [1.165, 1.54) is 18.9 Å². The van der Waals surface area contributed by atoms with Crippen LogP contribution in [0.2, 0.25) is 0 Å². The summed E-state index contributed by atoms with van der Waals surface area (Å²) in [5.74, 6) is 0.293. The van der Waals surface area contributed by atoms with Gasteiger partial charge in [-0.25, -0.2) is 4.39 Å². The van der Waals surface area contributed by atoms with E-state index in [0.717, 1.165) is 44.7 Å². The molecule has 2 heterocycles. The SMILES string of the molecule is Fc1cccc(C2CNCCC23CCCOCC3)c1. The first-order valence-corrected chi connectivity index (χ1v) is 7.34. The lowest BCUT2D eigenvalue weighted by Gasteiger charge is -2.44. The van der Waals surface area contributed by atoms with Gasteiger partial charge in [-0.15, -0.1) is 0 Å². The fraction of sp³-hybridized carbons (Fsp3) is 0.625. The van der Waals surface area contributed by atoms with Crippen LogP contribution < -0.4 is 5.32 Å². The van der Waals surface area contributed by atoms with Crippen molar-refractivity contribution in [1.82, 2.24) is 5.32 Å². The van der Waals surface area contributed by atoms with Crippen molar-refractivity contribution in [3.8, 4) is 0 Å². The molecule has 0 aliphatic carbocycles. The summed E-state index contributed by atoms with van der Waals surface area (Å²) in [6.07, 6.45) is 4.62. The van der Waals surface area contributed by atoms with Gasteiger partial charge in [0.2, 0.25) is 0 Å². The van der Waals surface area contributed by atoms with Crippen molar-refractivity contribution < 1.29 is 9.13 Å². The Morgan fingerprint density at radius 2 is 2.16 bits per heavy atom. The predicted octanol–water partition coefficient (Wildman–Crippen LogP) is 3.09. The van der Waals surface area contributed by atoms with E-state index >= 15 is 0 Å². The number of piperidine rings is 1. The highest BCUT2D eigenvalue weighted by Crippen LogP contribution is 2.48. The van der Waals surface area contributed by atoms with Gasteiger partial charge in [0.15, 0.2) is 0 Å². The smallest absolute Gasteiger partial charge is 0.123 e. The first-order chi connectivity index (χ1) is 9.30. The maximum atomic E-state index is 13.5. The minimum atomic E-state index is -0.122. The van der Waals surface area contributed by atoms with Crippen molar-refractivity contribution in [2.75, 3.05) is 26.3 Å². The Hall–Kier alpha value is -0.930. The molecule has 2 fully saturated rings. The highest BCUT2D eigenvalue weighted by Gasteiger charge is 2.41. The van der Waals surface area contributed by atoms with E-state index in [0.29, 0.717) is 11.3 Å². The molecule has 2 unspecified atom stereocenters. The van der Waals surface area contributed by atoms with Crippen LogP contribution in [0.15, 0.2) is 24.3 Å². The van der Waals surface area contributed by atoms with E-state index in [4.69, 9.17) is 4.74 Å². The standard InChI is InChI=1S/C16H22FNO/c17-14-4-1-3-13(11-14)15-12-18-8-6-16(15)5-2-9-19-10-7-16/h1,3-4,11,15,18H,2,5-10,12H2. The van der Waals surface area contributed by atoms with Gasteiger partial charge in [-0.1, -0.05) is 12.1 Å². The van der Waals surface area contributed by atoms with Gasteiger partial charge in [-0.05, 0) is 55.3 Å². The summed E-state index contributed by atoms with van der Waals surface area (Å²) in [7, 11) is 0. The zero-order valence-corrected chi connectivity index (χ0v) is 11.3. The highest BCUT2D eigenvalue weighted by molar-refractivity contribution is 5.25. The van der Waals surface area contributed by atoms with Crippen LogP contribution in [0.25, 0.3) is 0 Å². The molecule has 1 spiro atoms. The van der Waals surface area contributed by atoms with Crippen molar-refractivity contribution in [1.29, 1.82) is 0 Å². The summed E-state index contributed by atoms with van der Waals surface area (Å²) in [5.41, 5.74) is 1.45. The number of benzene rings is 1. The maximum Gasteiger partial charge on any atom is 0.123 e. The lowest BCUT2D eigenvalue weighted by Crippen LogP contribution is -2.44. The maximum absolute atomic E-state index is 13.5. The van der Waals surface area contributed by atoms with Gasteiger partial charge in [-0.3, -0.25) is 0 Å². The van der Waals surface area contributed by atoms with Crippen molar-refractivity contribution >= 4 is 0 Å². The van der Waals surface area contributed by atoms with Gasteiger partial charge >= 0.3 is 0 Å². The van der Waals surface area contributed by atoms with Crippen LogP contribution in [0, 0.1) is 11.2 Å². The summed E-state index contributed by atoms with van der Waals surface area (Å²) in [4.78, 5) is 0. The van der Waals surface area contributed by atoms with Crippen LogP contribution in [-0.4, -0.2) is 26.3 Å². The largest absolute Gasteiger partial charge is 0.381 e. The van der Waals surface area contributed by atoms with E-state index < -0.39 is 0 Å². The number of hydrogen-bond acceptors (Lipinski definition) is 2. The van der Waals surface area contributed by atoms with Gasteiger partial charge in [0, 0.05) is 25.7 Å². The number of hydrogen-bond donors (Lipinski definition) is 1. The zero-order chi connectivity index (χ0) is 13.1. The van der Waals surface area contributed by atoms with Crippen LogP contribution in [-0.2, 0) is 4.74 Å². The molecule has 19 heavy (non-hydrogen) atoms. The molecule has 2 aliphatic rings. The van der Waals surface area contributed by atoms with E-state index in [9.17, 15) is 4.39 Å². The quantitative estimate of drug-likeness (QED) is 0.840. The molecular weight excluding hydrogens is 241 g/mol. The van der Waals surface area contributed by atoms with E-state index in [1.807, 2.05) is 6.07 Å². The van der Waals surface area contributed by atoms with Gasteiger partial charge in [-0.2, -0.15) is 0 Å². The Labute approximate surface area is 114 Å². The summed E-state index contributed by atoms with van der Waals surface area (Å²) < 4.78 is 19.1. The molecule has 3 rings (SSSR count). The second-order valence-corrected chi connectivity index (χ2v) is 5.89. The molecule has 0 bridgehead atoms. The molecule has 0 amide bonds. The van der Waals surface area contributed by atoms with Gasteiger partial charge < -0.3 is 10.1 Å². The van der Waals surface area contributed by atoms with Crippen molar-refractivity contribution in [3.05, 3.63) is 35.6 Å². The Kier molecular flexibility index (Phi) is 3.85. The minimum Gasteiger partial charge on any atom is -0.381 e. The second-order valence-electron chi connectivity index (χ2n) is 5.89. The minimum absolute atomic E-state index is 0.122. The third-order valence-corrected chi connectivity index (χ3v) is 4.85. The second kappa shape index (κ2) is 5.59. The highest BCUT2D eigenvalue weighted by atomic mass is 19.1. The lowest BCUT2D eigenvalue weighted by atomic mass is 9.64. The average molecular weight is 263 g/mol. The van der Waals surface area contributed by atoms with Crippen LogP contribution in [0.4, 0.5) is 4.39 Å². The summed E-state index contributed by atoms with van der Waals surface area (Å²) in [6, 6.07) is 7.15. The van der Waals surface area contributed by atoms with Gasteiger partial charge in [0.25, 0.3) is 0 Å². The Bertz CT molecular complexity index is 427. The van der Waals surface area contributed by atoms with Crippen molar-refractivity contribution in [2.45, 2.75) is 31.6 Å². The normalized spacial score (nSPS) is 32.2. The molecule has 2 saturated heterocycles. The van der Waals surface area contributed by atoms with Gasteiger partial charge in [0.05, 0.1) is 0 Å². The molecule has 2 aliphatic heterocycles.